The molecule has 0 unspecified atom stereocenters. The fourth-order valence-corrected chi connectivity index (χ4v) is 3.43. The van der Waals surface area contributed by atoms with Gasteiger partial charge in [0.05, 0.1) is 15.6 Å². The molecule has 2 aromatic carbocycles. The molecule has 20 heavy (non-hydrogen) atoms. The van der Waals surface area contributed by atoms with E-state index in [0.717, 1.165) is 10.2 Å². The van der Waals surface area contributed by atoms with Gasteiger partial charge in [0.2, 0.25) is 0 Å². The van der Waals surface area contributed by atoms with Crippen molar-refractivity contribution in [3.63, 3.8) is 0 Å². The average Bonchev–Trinajstić information content (AvgIpc) is 2.42. The van der Waals surface area contributed by atoms with Crippen molar-refractivity contribution in [2.24, 2.45) is 0 Å². The second-order valence-corrected chi connectivity index (χ2v) is 7.01. The number of anilines is 2. The van der Waals surface area contributed by atoms with Crippen LogP contribution in [0.5, 0.6) is 0 Å². The smallest absolute Gasteiger partial charge is 0.261 e. The third kappa shape index (κ3) is 3.45. The van der Waals surface area contributed by atoms with Crippen molar-refractivity contribution in [2.75, 3.05) is 17.1 Å². The van der Waals surface area contributed by atoms with E-state index in [2.05, 4.69) is 26.0 Å². The Hall–Kier alpha value is -1.24. The van der Waals surface area contributed by atoms with Crippen molar-refractivity contribution in [3.05, 3.63) is 52.0 Å². The van der Waals surface area contributed by atoms with E-state index in [4.69, 9.17) is 11.6 Å². The Bertz CT molecular complexity index is 718. The van der Waals surface area contributed by atoms with E-state index in [1.807, 2.05) is 0 Å². The lowest BCUT2D eigenvalue weighted by atomic mass is 10.3. The lowest BCUT2D eigenvalue weighted by molar-refractivity contribution is 0.601. The van der Waals surface area contributed by atoms with E-state index in [1.165, 1.54) is 12.1 Å². The summed E-state index contributed by atoms with van der Waals surface area (Å²) >= 11 is 9.27. The van der Waals surface area contributed by atoms with Gasteiger partial charge in [0.15, 0.2) is 0 Å². The SMILES string of the molecule is CNc1ccc(S(=O)(=O)Nc2ccc(Br)cc2Cl)cc1. The fraction of sp³-hybridized carbons (Fsp3) is 0.0769. The first-order valence-corrected chi connectivity index (χ1v) is 8.33. The van der Waals surface area contributed by atoms with Crippen LogP contribution < -0.4 is 10.0 Å². The molecular weight excluding hydrogens is 364 g/mol. The maximum absolute atomic E-state index is 12.2. The highest BCUT2D eigenvalue weighted by molar-refractivity contribution is 9.10. The molecule has 0 fully saturated rings. The molecular formula is C13H12BrClN2O2S. The van der Waals surface area contributed by atoms with E-state index in [9.17, 15) is 8.42 Å². The minimum atomic E-state index is -3.65. The molecule has 0 saturated carbocycles. The quantitative estimate of drug-likeness (QED) is 0.851. The van der Waals surface area contributed by atoms with Gasteiger partial charge < -0.3 is 5.32 Å². The number of sulfonamides is 1. The van der Waals surface area contributed by atoms with Gasteiger partial charge in [0, 0.05) is 17.2 Å². The average molecular weight is 376 g/mol. The van der Waals surface area contributed by atoms with Gasteiger partial charge in [-0.1, -0.05) is 27.5 Å². The summed E-state index contributed by atoms with van der Waals surface area (Å²) in [5.74, 6) is 0. The molecule has 0 radical (unpaired) electrons. The van der Waals surface area contributed by atoms with Crippen molar-refractivity contribution in [3.8, 4) is 0 Å². The number of hydrogen-bond acceptors (Lipinski definition) is 3. The molecule has 0 amide bonds. The van der Waals surface area contributed by atoms with Crippen molar-refractivity contribution >= 4 is 48.9 Å². The molecule has 4 nitrogen and oxygen atoms in total. The van der Waals surface area contributed by atoms with E-state index < -0.39 is 10.0 Å². The van der Waals surface area contributed by atoms with Gasteiger partial charge in [0.1, 0.15) is 0 Å². The van der Waals surface area contributed by atoms with Gasteiger partial charge in [-0.05, 0) is 42.5 Å². The molecule has 0 bridgehead atoms. The van der Waals surface area contributed by atoms with Crippen LogP contribution in [0.25, 0.3) is 0 Å². The van der Waals surface area contributed by atoms with Crippen molar-refractivity contribution in [2.45, 2.75) is 4.90 Å². The Kier molecular flexibility index (Phi) is 4.57. The van der Waals surface area contributed by atoms with Gasteiger partial charge in [-0.25, -0.2) is 8.42 Å². The Balaban J connectivity index is 2.30. The summed E-state index contributed by atoms with van der Waals surface area (Å²) < 4.78 is 27.7. The predicted octanol–water partition coefficient (Wildman–Crippen LogP) is 3.95. The summed E-state index contributed by atoms with van der Waals surface area (Å²) in [4.78, 5) is 0.176. The molecule has 2 aromatic rings. The molecule has 0 saturated heterocycles. The second-order valence-electron chi connectivity index (χ2n) is 4.00. The summed E-state index contributed by atoms with van der Waals surface area (Å²) in [5.41, 5.74) is 1.18. The first-order valence-electron chi connectivity index (χ1n) is 5.68. The van der Waals surface area contributed by atoms with Crippen LogP contribution >= 0.6 is 27.5 Å². The van der Waals surface area contributed by atoms with E-state index >= 15 is 0 Å². The lowest BCUT2D eigenvalue weighted by Crippen LogP contribution is -2.13. The summed E-state index contributed by atoms with van der Waals surface area (Å²) in [6, 6.07) is 11.4. The highest BCUT2D eigenvalue weighted by Crippen LogP contribution is 2.28. The number of halogens is 2. The monoisotopic (exact) mass is 374 g/mol. The van der Waals surface area contributed by atoms with E-state index in [1.54, 1.807) is 37.4 Å². The van der Waals surface area contributed by atoms with E-state index in [0.29, 0.717) is 10.7 Å². The van der Waals surface area contributed by atoms with E-state index in [-0.39, 0.29) is 4.90 Å². The van der Waals surface area contributed by atoms with Crippen LogP contribution in [0.1, 0.15) is 0 Å². The number of nitrogens with one attached hydrogen (secondary N) is 2. The van der Waals surface area contributed by atoms with Gasteiger partial charge in [0.25, 0.3) is 10.0 Å². The summed E-state index contributed by atoms with van der Waals surface area (Å²) in [6.07, 6.45) is 0. The molecule has 0 atom stereocenters. The molecule has 0 aliphatic carbocycles. The Labute approximate surface area is 131 Å². The van der Waals surface area contributed by atoms with Crippen LogP contribution in [0.15, 0.2) is 51.8 Å². The van der Waals surface area contributed by atoms with Crippen LogP contribution in [0.2, 0.25) is 5.02 Å². The molecule has 2 rings (SSSR count). The van der Waals surface area contributed by atoms with Crippen LogP contribution in [0.3, 0.4) is 0 Å². The third-order valence-corrected chi connectivity index (χ3v) is 4.82. The summed E-state index contributed by atoms with van der Waals surface area (Å²) in [7, 11) is -1.88. The number of hydrogen-bond donors (Lipinski definition) is 2. The maximum Gasteiger partial charge on any atom is 0.261 e. The summed E-state index contributed by atoms with van der Waals surface area (Å²) in [6.45, 7) is 0. The topological polar surface area (TPSA) is 58.2 Å². The highest BCUT2D eigenvalue weighted by atomic mass is 79.9. The number of benzene rings is 2. The predicted molar refractivity (Wildman–Crippen MR) is 85.9 cm³/mol. The van der Waals surface area contributed by atoms with Gasteiger partial charge in [-0.15, -0.1) is 0 Å². The normalized spacial score (nSPS) is 11.2. The minimum absolute atomic E-state index is 0.176. The molecule has 0 spiro atoms. The summed E-state index contributed by atoms with van der Waals surface area (Å²) in [5, 5.41) is 3.26. The molecule has 2 N–H and O–H groups in total. The molecule has 0 heterocycles. The van der Waals surface area contributed by atoms with Crippen molar-refractivity contribution < 1.29 is 8.42 Å². The largest absolute Gasteiger partial charge is 0.388 e. The van der Waals surface area contributed by atoms with Crippen LogP contribution in [0, 0.1) is 0 Å². The highest BCUT2D eigenvalue weighted by Gasteiger charge is 2.15. The molecule has 0 aliphatic heterocycles. The fourth-order valence-electron chi connectivity index (χ4n) is 1.58. The second kappa shape index (κ2) is 6.03. The zero-order valence-electron chi connectivity index (χ0n) is 10.5. The lowest BCUT2D eigenvalue weighted by Gasteiger charge is -2.10. The van der Waals surface area contributed by atoms with Gasteiger partial charge in [-0.2, -0.15) is 0 Å². The van der Waals surface area contributed by atoms with Crippen LogP contribution in [0.4, 0.5) is 11.4 Å². The van der Waals surface area contributed by atoms with Gasteiger partial charge >= 0.3 is 0 Å². The first-order chi connectivity index (χ1) is 9.42. The van der Waals surface area contributed by atoms with Gasteiger partial charge in [-0.3, -0.25) is 4.72 Å². The van der Waals surface area contributed by atoms with Crippen molar-refractivity contribution in [1.82, 2.24) is 0 Å². The van der Waals surface area contributed by atoms with Crippen molar-refractivity contribution in [1.29, 1.82) is 0 Å². The third-order valence-electron chi connectivity index (χ3n) is 2.63. The molecule has 0 aromatic heterocycles. The molecule has 106 valence electrons. The minimum Gasteiger partial charge on any atom is -0.388 e. The Morgan fingerprint density at radius 2 is 1.75 bits per heavy atom. The van der Waals surface area contributed by atoms with Crippen LogP contribution in [-0.4, -0.2) is 15.5 Å². The Morgan fingerprint density at radius 3 is 2.30 bits per heavy atom. The standard InChI is InChI=1S/C13H12BrClN2O2S/c1-16-10-3-5-11(6-4-10)20(18,19)17-13-7-2-9(14)8-12(13)15/h2-8,16-17H,1H3. The maximum atomic E-state index is 12.2. The molecule has 7 heteroatoms. The molecule has 0 aliphatic rings. The number of rotatable bonds is 4. The Morgan fingerprint density at radius 1 is 1.10 bits per heavy atom. The first kappa shape index (κ1) is 15.2. The van der Waals surface area contributed by atoms with Crippen LogP contribution in [-0.2, 0) is 10.0 Å². The zero-order valence-corrected chi connectivity index (χ0v) is 13.7. The zero-order chi connectivity index (χ0) is 14.8.